The molecule has 0 saturated carbocycles. The maximum absolute atomic E-state index is 12.1. The highest BCUT2D eigenvalue weighted by Gasteiger charge is 2.19. The monoisotopic (exact) mass is 411 g/mol. The highest BCUT2D eigenvalue weighted by molar-refractivity contribution is 6.02. The van der Waals surface area contributed by atoms with E-state index in [1.807, 2.05) is 0 Å². The lowest BCUT2D eigenvalue weighted by molar-refractivity contribution is -0.335. The van der Waals surface area contributed by atoms with E-state index in [-0.39, 0.29) is 35.8 Å². The van der Waals surface area contributed by atoms with Gasteiger partial charge in [-0.2, -0.15) is 10.8 Å². The number of carbonyl (C=O) groups excluding carboxylic acids is 1. The second-order valence-corrected chi connectivity index (χ2v) is 5.35. The van der Waals surface area contributed by atoms with Gasteiger partial charge in [-0.05, 0) is 41.5 Å². The van der Waals surface area contributed by atoms with Gasteiger partial charge >= 0.3 is 11.9 Å². The van der Waals surface area contributed by atoms with Crippen LogP contribution >= 0.6 is 0 Å². The Balaban J connectivity index is 1.91. The summed E-state index contributed by atoms with van der Waals surface area (Å²) in [5.41, 5.74) is 0.306. The van der Waals surface area contributed by atoms with Crippen molar-refractivity contribution < 1.29 is 54.3 Å². The molecule has 156 valence electrons. The van der Waals surface area contributed by atoms with E-state index in [2.05, 4.69) is 14.8 Å². The standard InChI is InChI=1S/C17H17NO11/c18-29-28-13-3-4-14(16(20)21)15(6-13)17(22)24-9-27-26-8-11-5-12(19)2-1-10(11)7-25-23/h1-6,19,23H,7-9,18H2,(H,20,21). The number of carboxylic acid groups (broad SMARTS) is 1. The quantitative estimate of drug-likeness (QED) is 0.138. The number of esters is 1. The third-order valence-corrected chi connectivity index (χ3v) is 3.53. The Morgan fingerprint density at radius 1 is 0.966 bits per heavy atom. The molecule has 0 aliphatic rings. The summed E-state index contributed by atoms with van der Waals surface area (Å²) < 4.78 is 4.80. The molecule has 2 rings (SSSR count). The molecule has 12 nitrogen and oxygen atoms in total. The minimum atomic E-state index is -1.36. The Bertz CT molecular complexity index is 855. The predicted molar refractivity (Wildman–Crippen MR) is 91.0 cm³/mol. The van der Waals surface area contributed by atoms with Gasteiger partial charge in [-0.15, -0.1) is 0 Å². The normalized spacial score (nSPS) is 10.6. The van der Waals surface area contributed by atoms with Gasteiger partial charge in [0.15, 0.2) is 5.75 Å². The van der Waals surface area contributed by atoms with Gasteiger partial charge in [0.2, 0.25) is 6.79 Å². The van der Waals surface area contributed by atoms with E-state index in [4.69, 9.17) is 30.8 Å². The number of phenolic OH excluding ortho intramolecular Hbond substituents is 1. The number of nitrogens with two attached hydrogens (primary N) is 1. The number of carbonyl (C=O) groups is 2. The maximum Gasteiger partial charge on any atom is 0.341 e. The molecule has 0 aromatic heterocycles. The van der Waals surface area contributed by atoms with Crippen molar-refractivity contribution in [2.75, 3.05) is 6.79 Å². The molecule has 0 heterocycles. The lowest BCUT2D eigenvalue weighted by Gasteiger charge is -2.10. The molecule has 0 bridgehead atoms. The summed E-state index contributed by atoms with van der Waals surface area (Å²) in [5.74, 6) is 2.30. The molecule has 0 spiro atoms. The van der Waals surface area contributed by atoms with Gasteiger partial charge in [0, 0.05) is 0 Å². The Hall–Kier alpha value is -3.26. The van der Waals surface area contributed by atoms with Crippen LogP contribution in [0.15, 0.2) is 36.4 Å². The van der Waals surface area contributed by atoms with Crippen LogP contribution in [0.5, 0.6) is 11.5 Å². The molecule has 0 aliphatic heterocycles. The molecule has 2 aromatic rings. The topological polar surface area (TPSA) is 176 Å². The fraction of sp³-hybridized carbons (Fsp3) is 0.176. The summed E-state index contributed by atoms with van der Waals surface area (Å²) in [6.45, 7) is -0.972. The van der Waals surface area contributed by atoms with Crippen LogP contribution < -0.4 is 10.8 Å². The Morgan fingerprint density at radius 3 is 2.45 bits per heavy atom. The minimum Gasteiger partial charge on any atom is -0.508 e. The van der Waals surface area contributed by atoms with Gasteiger partial charge in [-0.1, -0.05) is 11.1 Å². The third-order valence-electron chi connectivity index (χ3n) is 3.53. The van der Waals surface area contributed by atoms with Crippen LogP contribution in [0, 0.1) is 0 Å². The molecular formula is C17H17NO11. The summed E-state index contributed by atoms with van der Waals surface area (Å²) in [4.78, 5) is 45.5. The Labute approximate surface area is 163 Å². The Morgan fingerprint density at radius 2 is 1.76 bits per heavy atom. The van der Waals surface area contributed by atoms with Crippen LogP contribution in [0.3, 0.4) is 0 Å². The van der Waals surface area contributed by atoms with E-state index in [0.717, 1.165) is 12.1 Å². The molecule has 0 aliphatic carbocycles. The van der Waals surface area contributed by atoms with Crippen LogP contribution in [0.1, 0.15) is 31.8 Å². The Kier molecular flexibility index (Phi) is 8.29. The average Bonchev–Trinajstić information content (AvgIpc) is 2.69. The fourth-order valence-corrected chi connectivity index (χ4v) is 2.24. The lowest BCUT2D eigenvalue weighted by Crippen LogP contribution is -2.14. The van der Waals surface area contributed by atoms with Crippen molar-refractivity contribution in [2.45, 2.75) is 13.2 Å². The highest BCUT2D eigenvalue weighted by Crippen LogP contribution is 2.20. The molecule has 29 heavy (non-hydrogen) atoms. The van der Waals surface area contributed by atoms with Gasteiger partial charge in [0.05, 0.1) is 11.1 Å². The fourth-order valence-electron chi connectivity index (χ4n) is 2.24. The van der Waals surface area contributed by atoms with Crippen molar-refractivity contribution in [3.63, 3.8) is 0 Å². The first-order chi connectivity index (χ1) is 14.0. The molecule has 0 radical (unpaired) electrons. The number of aromatic hydroxyl groups is 1. The number of hydrogen-bond donors (Lipinski definition) is 4. The van der Waals surface area contributed by atoms with Crippen LogP contribution in [-0.4, -0.2) is 34.2 Å². The van der Waals surface area contributed by atoms with Gasteiger partial charge < -0.3 is 19.8 Å². The van der Waals surface area contributed by atoms with Crippen LogP contribution in [0.25, 0.3) is 0 Å². The smallest absolute Gasteiger partial charge is 0.341 e. The molecule has 0 saturated heterocycles. The number of benzene rings is 2. The number of phenols is 1. The lowest BCUT2D eigenvalue weighted by atomic mass is 10.1. The van der Waals surface area contributed by atoms with E-state index < -0.39 is 18.7 Å². The summed E-state index contributed by atoms with van der Waals surface area (Å²) in [6, 6.07) is 7.68. The summed E-state index contributed by atoms with van der Waals surface area (Å²) >= 11 is 0. The van der Waals surface area contributed by atoms with Gasteiger partial charge in [-0.25, -0.2) is 19.4 Å². The van der Waals surface area contributed by atoms with Crippen molar-refractivity contribution in [1.82, 2.24) is 0 Å². The van der Waals surface area contributed by atoms with Crippen molar-refractivity contribution in [1.29, 1.82) is 0 Å². The molecule has 12 heteroatoms. The average molecular weight is 411 g/mol. The molecule has 0 amide bonds. The molecule has 0 fully saturated rings. The van der Waals surface area contributed by atoms with E-state index in [0.29, 0.717) is 11.1 Å². The number of ether oxygens (including phenoxy) is 1. The molecule has 0 unspecified atom stereocenters. The number of carboxylic acids is 1. The zero-order valence-corrected chi connectivity index (χ0v) is 14.8. The van der Waals surface area contributed by atoms with Crippen molar-refractivity contribution in [2.24, 2.45) is 5.90 Å². The minimum absolute atomic E-state index is 0.0239. The largest absolute Gasteiger partial charge is 0.508 e. The number of aromatic carboxylic acids is 1. The van der Waals surface area contributed by atoms with Crippen molar-refractivity contribution in [3.8, 4) is 11.5 Å². The predicted octanol–water partition coefficient (Wildman–Crippen LogP) is 1.53. The van der Waals surface area contributed by atoms with Gasteiger partial charge in [0.25, 0.3) is 0 Å². The van der Waals surface area contributed by atoms with E-state index >= 15 is 0 Å². The van der Waals surface area contributed by atoms with Gasteiger partial charge in [-0.3, -0.25) is 5.26 Å². The van der Waals surface area contributed by atoms with Crippen LogP contribution in [0.2, 0.25) is 0 Å². The first-order valence-corrected chi connectivity index (χ1v) is 7.85. The summed E-state index contributed by atoms with van der Waals surface area (Å²) in [6.07, 6.45) is 0. The number of hydrogen-bond acceptors (Lipinski definition) is 11. The SMILES string of the molecule is NOOc1ccc(C(=O)O)c(C(=O)OCOOCc2cc(O)ccc2COO)c1. The van der Waals surface area contributed by atoms with E-state index in [9.17, 15) is 14.7 Å². The van der Waals surface area contributed by atoms with E-state index in [1.165, 1.54) is 24.3 Å². The highest BCUT2D eigenvalue weighted by atomic mass is 17.3. The van der Waals surface area contributed by atoms with Crippen molar-refractivity contribution in [3.05, 3.63) is 58.7 Å². The second kappa shape index (κ2) is 10.9. The van der Waals surface area contributed by atoms with Crippen LogP contribution in [0.4, 0.5) is 0 Å². The first-order valence-electron chi connectivity index (χ1n) is 7.85. The zero-order valence-electron chi connectivity index (χ0n) is 14.8. The zero-order chi connectivity index (χ0) is 21.2. The first kappa shape index (κ1) is 22.0. The van der Waals surface area contributed by atoms with Crippen molar-refractivity contribution >= 4 is 11.9 Å². The van der Waals surface area contributed by atoms with Gasteiger partial charge in [0.1, 0.15) is 19.0 Å². The number of rotatable bonds is 11. The van der Waals surface area contributed by atoms with E-state index in [1.54, 1.807) is 0 Å². The second-order valence-electron chi connectivity index (χ2n) is 5.35. The molecule has 5 N–H and O–H groups in total. The molecular weight excluding hydrogens is 394 g/mol. The molecule has 0 atom stereocenters. The van der Waals surface area contributed by atoms with Crippen LogP contribution in [-0.2, 0) is 37.6 Å². The summed E-state index contributed by atoms with van der Waals surface area (Å²) in [5, 5.41) is 27.2. The maximum atomic E-state index is 12.1. The molecule has 2 aromatic carbocycles. The third kappa shape index (κ3) is 6.39. The summed E-state index contributed by atoms with van der Waals surface area (Å²) in [7, 11) is 0.